The molecule has 0 fully saturated rings. The predicted molar refractivity (Wildman–Crippen MR) is 101 cm³/mol. The summed E-state index contributed by atoms with van der Waals surface area (Å²) in [5, 5.41) is 0. The maximum absolute atomic E-state index is 11.5. The van der Waals surface area contributed by atoms with Gasteiger partial charge in [-0.1, -0.05) is 36.4 Å². The molecule has 0 saturated heterocycles. The Bertz CT molecular complexity index is 936. The van der Waals surface area contributed by atoms with Crippen LogP contribution >= 0.6 is 0 Å². The normalized spacial score (nSPS) is 11.5. The summed E-state index contributed by atoms with van der Waals surface area (Å²) in [5.41, 5.74) is 2.58. The highest BCUT2D eigenvalue weighted by atomic mass is 16.5. The average Bonchev–Trinajstić information content (AvgIpc) is 2.65. The fourth-order valence-electron chi connectivity index (χ4n) is 2.92. The lowest BCUT2D eigenvalue weighted by molar-refractivity contribution is -0.132. The number of carbonyl (C=O) groups is 2. The van der Waals surface area contributed by atoms with E-state index in [4.69, 9.17) is 9.47 Å². The van der Waals surface area contributed by atoms with Crippen LogP contribution in [0.15, 0.2) is 72.9 Å². The minimum atomic E-state index is -0.382. The number of hydrogen-bond acceptors (Lipinski definition) is 5. The van der Waals surface area contributed by atoms with Gasteiger partial charge >= 0.3 is 11.9 Å². The van der Waals surface area contributed by atoms with Gasteiger partial charge in [0.1, 0.15) is 11.5 Å². The summed E-state index contributed by atoms with van der Waals surface area (Å²) in [4.78, 5) is 27.2. The summed E-state index contributed by atoms with van der Waals surface area (Å²) < 4.78 is 10.5. The molecule has 0 spiro atoms. The van der Waals surface area contributed by atoms with E-state index in [1.54, 1.807) is 24.4 Å². The van der Waals surface area contributed by atoms with Gasteiger partial charge in [-0.3, -0.25) is 14.6 Å². The van der Waals surface area contributed by atoms with Crippen molar-refractivity contribution in [2.24, 2.45) is 0 Å². The van der Waals surface area contributed by atoms with Gasteiger partial charge in [-0.05, 0) is 35.9 Å². The van der Waals surface area contributed by atoms with Gasteiger partial charge in [0.05, 0.1) is 11.6 Å². The molecule has 3 rings (SSSR count). The van der Waals surface area contributed by atoms with E-state index in [2.05, 4.69) is 4.98 Å². The van der Waals surface area contributed by atoms with Crippen molar-refractivity contribution >= 4 is 11.9 Å². The van der Waals surface area contributed by atoms with Crippen LogP contribution in [0.3, 0.4) is 0 Å². The van der Waals surface area contributed by atoms with Crippen molar-refractivity contribution in [3.63, 3.8) is 0 Å². The van der Waals surface area contributed by atoms with Crippen LogP contribution in [0, 0.1) is 0 Å². The van der Waals surface area contributed by atoms with Crippen molar-refractivity contribution in [1.82, 2.24) is 4.98 Å². The average molecular weight is 361 g/mol. The van der Waals surface area contributed by atoms with Gasteiger partial charge in [0.15, 0.2) is 0 Å². The van der Waals surface area contributed by atoms with E-state index in [1.165, 1.54) is 13.8 Å². The molecule has 0 amide bonds. The Morgan fingerprint density at radius 1 is 0.815 bits per heavy atom. The molecule has 1 unspecified atom stereocenters. The van der Waals surface area contributed by atoms with Crippen LogP contribution in [0.1, 0.15) is 36.6 Å². The Hall–Kier alpha value is -3.47. The lowest BCUT2D eigenvalue weighted by atomic mass is 9.87. The predicted octanol–water partition coefficient (Wildman–Crippen LogP) is 4.11. The van der Waals surface area contributed by atoms with Crippen molar-refractivity contribution in [1.29, 1.82) is 0 Å². The van der Waals surface area contributed by atoms with Gasteiger partial charge < -0.3 is 9.47 Å². The molecule has 0 bridgehead atoms. The zero-order chi connectivity index (χ0) is 19.2. The molecular formula is C22H19NO4. The lowest BCUT2D eigenvalue weighted by Gasteiger charge is -2.20. The number of para-hydroxylation sites is 1. The van der Waals surface area contributed by atoms with Gasteiger partial charge in [0.25, 0.3) is 0 Å². The van der Waals surface area contributed by atoms with Gasteiger partial charge in [-0.25, -0.2) is 0 Å². The third-order valence-electron chi connectivity index (χ3n) is 3.94. The quantitative estimate of drug-likeness (QED) is 0.505. The van der Waals surface area contributed by atoms with E-state index in [-0.39, 0.29) is 17.9 Å². The Balaban J connectivity index is 2.08. The molecule has 1 heterocycles. The van der Waals surface area contributed by atoms with E-state index in [0.717, 1.165) is 16.8 Å². The number of nitrogens with zero attached hydrogens (tertiary/aromatic N) is 1. The Kier molecular flexibility index (Phi) is 5.61. The van der Waals surface area contributed by atoms with E-state index < -0.39 is 0 Å². The number of aromatic nitrogens is 1. The van der Waals surface area contributed by atoms with Crippen molar-refractivity contribution in [3.8, 4) is 11.5 Å². The van der Waals surface area contributed by atoms with Crippen LogP contribution in [-0.2, 0) is 9.59 Å². The maximum Gasteiger partial charge on any atom is 0.308 e. The monoisotopic (exact) mass is 361 g/mol. The molecule has 1 atom stereocenters. The van der Waals surface area contributed by atoms with Crippen LogP contribution in [0.25, 0.3) is 0 Å². The molecule has 5 heteroatoms. The Morgan fingerprint density at radius 2 is 1.48 bits per heavy atom. The largest absolute Gasteiger partial charge is 0.427 e. The molecule has 5 nitrogen and oxygen atoms in total. The second-order valence-electron chi connectivity index (χ2n) is 5.98. The first-order valence-electron chi connectivity index (χ1n) is 8.51. The first-order chi connectivity index (χ1) is 13.0. The van der Waals surface area contributed by atoms with Gasteiger partial charge in [0, 0.05) is 25.6 Å². The number of esters is 2. The fourth-order valence-corrected chi connectivity index (χ4v) is 2.92. The number of pyridine rings is 1. The lowest BCUT2D eigenvalue weighted by Crippen LogP contribution is -2.10. The minimum absolute atomic E-state index is 0.242. The van der Waals surface area contributed by atoms with Crippen LogP contribution in [0.2, 0.25) is 0 Å². The zero-order valence-corrected chi connectivity index (χ0v) is 15.1. The number of carbonyl (C=O) groups excluding carboxylic acids is 2. The van der Waals surface area contributed by atoms with Crippen LogP contribution in [0.5, 0.6) is 11.5 Å². The van der Waals surface area contributed by atoms with Crippen molar-refractivity contribution < 1.29 is 19.1 Å². The summed E-state index contributed by atoms with van der Waals surface area (Å²) in [6.07, 6.45) is 1.73. The molecule has 0 aliphatic carbocycles. The van der Waals surface area contributed by atoms with Crippen LogP contribution < -0.4 is 9.47 Å². The molecule has 27 heavy (non-hydrogen) atoms. The maximum atomic E-state index is 11.5. The zero-order valence-electron chi connectivity index (χ0n) is 15.1. The summed E-state index contributed by atoms with van der Waals surface area (Å²) in [7, 11) is 0. The molecular weight excluding hydrogens is 342 g/mol. The number of ether oxygens (including phenoxy) is 2. The van der Waals surface area contributed by atoms with E-state index in [9.17, 15) is 9.59 Å². The number of benzene rings is 2. The molecule has 0 N–H and O–H groups in total. The molecule has 0 radical (unpaired) electrons. The molecule has 1 aromatic heterocycles. The molecule has 2 aromatic carbocycles. The summed E-state index contributed by atoms with van der Waals surface area (Å²) >= 11 is 0. The van der Waals surface area contributed by atoms with Crippen LogP contribution in [-0.4, -0.2) is 16.9 Å². The van der Waals surface area contributed by atoms with Gasteiger partial charge in [-0.15, -0.1) is 0 Å². The molecule has 0 aliphatic heterocycles. The van der Waals surface area contributed by atoms with Gasteiger partial charge in [0.2, 0.25) is 0 Å². The highest BCUT2D eigenvalue weighted by molar-refractivity contribution is 5.70. The van der Waals surface area contributed by atoms with E-state index >= 15 is 0 Å². The number of rotatable bonds is 5. The molecule has 136 valence electrons. The minimum Gasteiger partial charge on any atom is -0.427 e. The second kappa shape index (κ2) is 8.27. The SMILES string of the molecule is CC(=O)Oc1ccc(C(c2ccccn2)c2ccccc2OC(C)=O)cc1. The first-order valence-corrected chi connectivity index (χ1v) is 8.51. The van der Waals surface area contributed by atoms with Crippen LogP contribution in [0.4, 0.5) is 0 Å². The van der Waals surface area contributed by atoms with Crippen molar-refractivity contribution in [3.05, 3.63) is 89.7 Å². The van der Waals surface area contributed by atoms with Crippen molar-refractivity contribution in [2.75, 3.05) is 0 Å². The molecule has 0 aliphatic rings. The Morgan fingerprint density at radius 3 is 2.11 bits per heavy atom. The molecule has 0 saturated carbocycles. The van der Waals surface area contributed by atoms with E-state index in [0.29, 0.717) is 11.5 Å². The summed E-state index contributed by atoms with van der Waals surface area (Å²) in [5.74, 6) is -0.0335. The highest BCUT2D eigenvalue weighted by Gasteiger charge is 2.22. The standard InChI is InChI=1S/C22H19NO4/c1-15(24)26-18-12-10-17(11-13-18)22(20-8-5-6-14-23-20)19-7-3-4-9-21(19)27-16(2)25/h3-14,22H,1-2H3. The third-order valence-corrected chi connectivity index (χ3v) is 3.94. The van der Waals surface area contributed by atoms with Gasteiger partial charge in [-0.2, -0.15) is 0 Å². The molecule has 3 aromatic rings. The Labute approximate surface area is 157 Å². The first kappa shape index (κ1) is 18.3. The van der Waals surface area contributed by atoms with E-state index in [1.807, 2.05) is 48.5 Å². The highest BCUT2D eigenvalue weighted by Crippen LogP contribution is 2.36. The fraction of sp³-hybridized carbons (Fsp3) is 0.136. The topological polar surface area (TPSA) is 65.5 Å². The second-order valence-corrected chi connectivity index (χ2v) is 5.98. The summed E-state index contributed by atoms with van der Waals surface area (Å²) in [6, 6.07) is 20.3. The number of hydrogen-bond donors (Lipinski definition) is 0. The van der Waals surface area contributed by atoms with Crippen molar-refractivity contribution in [2.45, 2.75) is 19.8 Å². The summed E-state index contributed by atoms with van der Waals surface area (Å²) in [6.45, 7) is 2.74. The third kappa shape index (κ3) is 4.58. The smallest absolute Gasteiger partial charge is 0.308 e.